The largest absolute Gasteiger partial charge is 0.485 e. The van der Waals surface area contributed by atoms with Crippen molar-refractivity contribution in [3.05, 3.63) is 88.8 Å². The number of hydrogen-bond donors (Lipinski definition) is 1. The van der Waals surface area contributed by atoms with Gasteiger partial charge in [-0.2, -0.15) is 0 Å². The Hall–Kier alpha value is -3.65. The highest BCUT2D eigenvalue weighted by Gasteiger charge is 2.22. The fraction of sp³-hybridized carbons (Fsp3) is 0.174. The molecule has 3 heterocycles. The molecule has 0 radical (unpaired) electrons. The van der Waals surface area contributed by atoms with Crippen LogP contribution in [0.5, 0.6) is 16.7 Å². The van der Waals surface area contributed by atoms with Gasteiger partial charge in [-0.1, -0.05) is 46.8 Å². The quantitative estimate of drug-likeness (QED) is 0.464. The third-order valence-corrected chi connectivity index (χ3v) is 5.85. The summed E-state index contributed by atoms with van der Waals surface area (Å²) in [6.07, 6.45) is 4.91. The summed E-state index contributed by atoms with van der Waals surface area (Å²) < 4.78 is 17.0. The zero-order valence-electron chi connectivity index (χ0n) is 16.5. The standard InChI is InChI=1S/C23H19N3O4S/c27-22(24-13-18-10-11-26-30-18)21-14-25-23(31-21)28-17-7-9-20-16(12-17)6-8-19(29-20)15-4-2-1-3-5-15/h1-5,7,9-12,14,19H,6,8,13H2,(H,24,27)/t19-/m1/s1. The van der Waals surface area contributed by atoms with Crippen molar-refractivity contribution in [1.82, 2.24) is 15.5 Å². The van der Waals surface area contributed by atoms with Crippen LogP contribution in [-0.2, 0) is 13.0 Å². The molecule has 0 aliphatic carbocycles. The average Bonchev–Trinajstić information content (AvgIpc) is 3.50. The van der Waals surface area contributed by atoms with Crippen LogP contribution in [0.2, 0.25) is 0 Å². The van der Waals surface area contributed by atoms with Crippen molar-refractivity contribution < 1.29 is 18.8 Å². The minimum atomic E-state index is -0.241. The highest BCUT2D eigenvalue weighted by atomic mass is 32.1. The van der Waals surface area contributed by atoms with Crippen molar-refractivity contribution >= 4 is 17.2 Å². The molecule has 1 aliphatic rings. The lowest BCUT2D eigenvalue weighted by Crippen LogP contribution is -2.21. The first-order chi connectivity index (χ1) is 15.2. The SMILES string of the molecule is O=C(NCc1ccno1)c1cnc(Oc2ccc3c(c2)CC[C@H](c2ccccc2)O3)s1. The maximum Gasteiger partial charge on any atom is 0.279 e. The van der Waals surface area contributed by atoms with Crippen molar-refractivity contribution in [3.63, 3.8) is 0 Å². The van der Waals surface area contributed by atoms with E-state index in [0.29, 0.717) is 21.6 Å². The summed E-state index contributed by atoms with van der Waals surface area (Å²) in [7, 11) is 0. The van der Waals surface area contributed by atoms with Gasteiger partial charge in [-0.05, 0) is 42.2 Å². The van der Waals surface area contributed by atoms with Gasteiger partial charge < -0.3 is 19.3 Å². The zero-order chi connectivity index (χ0) is 21.0. The van der Waals surface area contributed by atoms with Gasteiger partial charge in [0.25, 0.3) is 11.1 Å². The number of fused-ring (bicyclic) bond motifs is 1. The van der Waals surface area contributed by atoms with Gasteiger partial charge in [0.2, 0.25) is 0 Å². The Morgan fingerprint density at radius 3 is 2.94 bits per heavy atom. The number of rotatable bonds is 6. The molecule has 8 heteroatoms. The van der Waals surface area contributed by atoms with Gasteiger partial charge in [-0.25, -0.2) is 4.98 Å². The van der Waals surface area contributed by atoms with E-state index in [4.69, 9.17) is 14.0 Å². The number of aromatic nitrogens is 2. The van der Waals surface area contributed by atoms with Gasteiger partial charge in [-0.3, -0.25) is 4.79 Å². The third kappa shape index (κ3) is 4.44. The van der Waals surface area contributed by atoms with Crippen LogP contribution in [-0.4, -0.2) is 16.0 Å². The number of nitrogens with zero attached hydrogens (tertiary/aromatic N) is 2. The van der Waals surface area contributed by atoms with Gasteiger partial charge in [0, 0.05) is 6.07 Å². The Labute approximate surface area is 182 Å². The molecule has 1 atom stereocenters. The lowest BCUT2D eigenvalue weighted by Gasteiger charge is -2.26. The minimum absolute atomic E-state index is 0.0671. The summed E-state index contributed by atoms with van der Waals surface area (Å²) in [6.45, 7) is 0.266. The van der Waals surface area contributed by atoms with Gasteiger partial charge in [0.05, 0.1) is 18.9 Å². The number of aryl methyl sites for hydroxylation is 1. The first-order valence-corrected chi connectivity index (χ1v) is 10.7. The molecule has 156 valence electrons. The monoisotopic (exact) mass is 433 g/mol. The van der Waals surface area contributed by atoms with E-state index in [1.807, 2.05) is 36.4 Å². The van der Waals surface area contributed by atoms with Gasteiger partial charge in [0.1, 0.15) is 22.5 Å². The molecule has 0 unspecified atom stereocenters. The smallest absolute Gasteiger partial charge is 0.279 e. The predicted octanol–water partition coefficient (Wildman–Crippen LogP) is 4.92. The molecular formula is C23H19N3O4S. The van der Waals surface area contributed by atoms with E-state index in [1.165, 1.54) is 29.3 Å². The second kappa shape index (κ2) is 8.61. The summed E-state index contributed by atoms with van der Waals surface area (Å²) in [5, 5.41) is 6.78. The summed E-state index contributed by atoms with van der Waals surface area (Å²) in [6, 6.07) is 17.7. The molecule has 0 saturated heterocycles. The normalized spacial score (nSPS) is 15.0. The lowest BCUT2D eigenvalue weighted by atomic mass is 9.97. The summed E-state index contributed by atoms with van der Waals surface area (Å²) in [5.74, 6) is 1.89. The molecule has 0 fully saturated rings. The molecular weight excluding hydrogens is 414 g/mol. The molecule has 2 aromatic carbocycles. The van der Waals surface area contributed by atoms with Crippen LogP contribution in [0.15, 0.2) is 71.5 Å². The Kier molecular flexibility index (Phi) is 5.37. The van der Waals surface area contributed by atoms with E-state index in [2.05, 4.69) is 27.6 Å². The van der Waals surface area contributed by atoms with Crippen LogP contribution in [0.3, 0.4) is 0 Å². The number of thiazole rings is 1. The summed E-state index contributed by atoms with van der Waals surface area (Å²) >= 11 is 1.19. The Morgan fingerprint density at radius 1 is 1.19 bits per heavy atom. The minimum Gasteiger partial charge on any atom is -0.485 e. The molecule has 0 spiro atoms. The van der Waals surface area contributed by atoms with E-state index in [-0.39, 0.29) is 18.6 Å². The maximum absolute atomic E-state index is 12.3. The lowest BCUT2D eigenvalue weighted by molar-refractivity contribution is 0.0951. The molecule has 7 nitrogen and oxygen atoms in total. The van der Waals surface area contributed by atoms with Crippen molar-refractivity contribution in [2.75, 3.05) is 0 Å². The molecule has 2 aromatic heterocycles. The van der Waals surface area contributed by atoms with E-state index in [9.17, 15) is 4.79 Å². The van der Waals surface area contributed by atoms with Crippen LogP contribution in [0, 0.1) is 0 Å². The Morgan fingerprint density at radius 2 is 2.10 bits per heavy atom. The molecule has 5 rings (SSSR count). The Bertz CT molecular complexity index is 1170. The van der Waals surface area contributed by atoms with E-state index in [1.54, 1.807) is 6.07 Å². The summed E-state index contributed by atoms with van der Waals surface area (Å²) in [4.78, 5) is 16.9. The zero-order valence-corrected chi connectivity index (χ0v) is 17.3. The second-order valence-corrected chi connectivity index (χ2v) is 8.07. The van der Waals surface area contributed by atoms with Crippen LogP contribution in [0.4, 0.5) is 0 Å². The maximum atomic E-state index is 12.3. The van der Waals surface area contributed by atoms with Crippen LogP contribution < -0.4 is 14.8 Å². The molecule has 1 N–H and O–H groups in total. The first-order valence-electron chi connectivity index (χ1n) is 9.90. The topological polar surface area (TPSA) is 86.5 Å². The average molecular weight is 433 g/mol. The number of carbonyl (C=O) groups is 1. The Balaban J connectivity index is 1.22. The first kappa shape index (κ1) is 19.3. The molecule has 1 amide bonds. The number of hydrogen-bond acceptors (Lipinski definition) is 7. The highest BCUT2D eigenvalue weighted by Crippen LogP contribution is 2.38. The van der Waals surface area contributed by atoms with Crippen molar-refractivity contribution in [1.29, 1.82) is 0 Å². The van der Waals surface area contributed by atoms with Gasteiger partial charge >= 0.3 is 0 Å². The highest BCUT2D eigenvalue weighted by molar-refractivity contribution is 7.15. The van der Waals surface area contributed by atoms with Crippen LogP contribution >= 0.6 is 11.3 Å². The molecule has 0 saturated carbocycles. The fourth-order valence-electron chi connectivity index (χ4n) is 3.43. The van der Waals surface area contributed by atoms with Gasteiger partial charge in [-0.15, -0.1) is 0 Å². The number of nitrogens with one attached hydrogen (secondary N) is 1. The number of amides is 1. The second-order valence-electron chi connectivity index (χ2n) is 7.08. The molecule has 4 aromatic rings. The number of benzene rings is 2. The predicted molar refractivity (Wildman–Crippen MR) is 114 cm³/mol. The van der Waals surface area contributed by atoms with Gasteiger partial charge in [0.15, 0.2) is 5.76 Å². The molecule has 0 bridgehead atoms. The number of carbonyl (C=O) groups excluding carboxylic acids is 1. The van der Waals surface area contributed by atoms with E-state index >= 15 is 0 Å². The van der Waals surface area contributed by atoms with E-state index < -0.39 is 0 Å². The van der Waals surface area contributed by atoms with Crippen molar-refractivity contribution in [2.45, 2.75) is 25.5 Å². The summed E-state index contributed by atoms with van der Waals surface area (Å²) in [5.41, 5.74) is 2.29. The van der Waals surface area contributed by atoms with Crippen molar-refractivity contribution in [3.8, 4) is 16.7 Å². The fourth-order valence-corrected chi connectivity index (χ4v) is 4.13. The molecule has 1 aliphatic heterocycles. The third-order valence-electron chi connectivity index (χ3n) is 4.98. The number of ether oxygens (including phenoxy) is 2. The van der Waals surface area contributed by atoms with Crippen LogP contribution in [0.1, 0.15) is 39.1 Å². The van der Waals surface area contributed by atoms with Crippen molar-refractivity contribution in [2.24, 2.45) is 0 Å². The van der Waals surface area contributed by atoms with Crippen LogP contribution in [0.25, 0.3) is 0 Å². The van der Waals surface area contributed by atoms with E-state index in [0.717, 1.165) is 24.2 Å². The molecule has 31 heavy (non-hydrogen) atoms.